The molecule has 9 heteroatoms. The van der Waals surface area contributed by atoms with Crippen molar-refractivity contribution < 1.29 is 13.2 Å². The Hall–Kier alpha value is -1.13. The first kappa shape index (κ1) is 21.9. The summed E-state index contributed by atoms with van der Waals surface area (Å²) in [5.41, 5.74) is 6.64. The van der Waals surface area contributed by atoms with Crippen LogP contribution in [-0.2, 0) is 21.4 Å². The van der Waals surface area contributed by atoms with Gasteiger partial charge in [0.05, 0.1) is 10.9 Å². The van der Waals surface area contributed by atoms with Crippen molar-refractivity contribution in [2.24, 2.45) is 16.8 Å². The van der Waals surface area contributed by atoms with E-state index in [1.54, 1.807) is 12.1 Å². The maximum Gasteiger partial charge on any atom is 0.238 e. The molecule has 0 heterocycles. The van der Waals surface area contributed by atoms with Gasteiger partial charge in [0.2, 0.25) is 15.9 Å². The largest absolute Gasteiger partial charge is 0.351 e. The van der Waals surface area contributed by atoms with Crippen LogP contribution in [0.3, 0.4) is 0 Å². The monoisotopic (exact) mass is 388 g/mol. The van der Waals surface area contributed by atoms with Crippen LogP contribution < -0.4 is 21.5 Å². The number of nitrogens with two attached hydrogens (primary N) is 2. The van der Waals surface area contributed by atoms with Crippen molar-refractivity contribution in [1.82, 2.24) is 10.6 Å². The fourth-order valence-corrected chi connectivity index (χ4v) is 2.87. The highest BCUT2D eigenvalue weighted by atomic mass is 32.2. The van der Waals surface area contributed by atoms with E-state index in [0.717, 1.165) is 12.0 Å². The quantitative estimate of drug-likeness (QED) is 0.366. The molecule has 3 atom stereocenters. The second-order valence-electron chi connectivity index (χ2n) is 6.12. The Bertz CT molecular complexity index is 650. The van der Waals surface area contributed by atoms with Crippen LogP contribution in [0.25, 0.3) is 0 Å². The summed E-state index contributed by atoms with van der Waals surface area (Å²) in [6, 6.07) is 5.64. The third-order valence-corrected chi connectivity index (χ3v) is 5.45. The molecular formula is C16H28N4O3S2. The highest BCUT2D eigenvalue weighted by Crippen LogP contribution is 2.10. The van der Waals surface area contributed by atoms with E-state index in [1.807, 2.05) is 13.8 Å². The molecule has 142 valence electrons. The van der Waals surface area contributed by atoms with E-state index in [2.05, 4.69) is 23.3 Å². The van der Waals surface area contributed by atoms with Crippen LogP contribution in [0.5, 0.6) is 0 Å². The predicted molar refractivity (Wildman–Crippen MR) is 103 cm³/mol. The van der Waals surface area contributed by atoms with Crippen molar-refractivity contribution in [2.75, 3.05) is 12.3 Å². The van der Waals surface area contributed by atoms with Gasteiger partial charge in [-0.15, -0.1) is 0 Å². The van der Waals surface area contributed by atoms with Crippen LogP contribution in [0.2, 0.25) is 0 Å². The van der Waals surface area contributed by atoms with Crippen LogP contribution >= 0.6 is 12.6 Å². The van der Waals surface area contributed by atoms with Gasteiger partial charge < -0.3 is 16.4 Å². The predicted octanol–water partition coefficient (Wildman–Crippen LogP) is 0.212. The lowest BCUT2D eigenvalue weighted by Gasteiger charge is -2.25. The van der Waals surface area contributed by atoms with Crippen LogP contribution in [0, 0.1) is 5.92 Å². The van der Waals surface area contributed by atoms with Gasteiger partial charge in [-0.3, -0.25) is 4.79 Å². The Balaban J connectivity index is 2.67. The van der Waals surface area contributed by atoms with Crippen molar-refractivity contribution in [1.29, 1.82) is 0 Å². The van der Waals surface area contributed by atoms with Gasteiger partial charge in [0.25, 0.3) is 0 Å². The van der Waals surface area contributed by atoms with Gasteiger partial charge >= 0.3 is 0 Å². The van der Waals surface area contributed by atoms with Crippen LogP contribution in [0.1, 0.15) is 25.8 Å². The number of amides is 1. The van der Waals surface area contributed by atoms with E-state index >= 15 is 0 Å². The van der Waals surface area contributed by atoms with Crippen molar-refractivity contribution >= 4 is 28.6 Å². The zero-order chi connectivity index (χ0) is 19.0. The summed E-state index contributed by atoms with van der Waals surface area (Å²) >= 11 is 4.14. The SMILES string of the molecule is CCC(C)[C@H](NC[C@@H](N)CS)C(=O)NCc1ccc(S(N)(=O)=O)cc1. The number of hydrogen-bond acceptors (Lipinski definition) is 6. The van der Waals surface area contributed by atoms with Crippen molar-refractivity contribution in [3.8, 4) is 0 Å². The first-order valence-electron chi connectivity index (χ1n) is 8.18. The summed E-state index contributed by atoms with van der Waals surface area (Å²) in [6.45, 7) is 4.84. The molecule has 0 bridgehead atoms. The number of carbonyl (C=O) groups is 1. The van der Waals surface area contributed by atoms with Gasteiger partial charge in [-0.1, -0.05) is 32.4 Å². The highest BCUT2D eigenvalue weighted by molar-refractivity contribution is 7.89. The number of hydrogen-bond donors (Lipinski definition) is 5. The fraction of sp³-hybridized carbons (Fsp3) is 0.562. The fourth-order valence-electron chi connectivity index (χ4n) is 2.23. The second-order valence-corrected chi connectivity index (χ2v) is 8.05. The number of nitrogens with one attached hydrogen (secondary N) is 2. The lowest BCUT2D eigenvalue weighted by Crippen LogP contribution is -2.51. The molecule has 1 aromatic carbocycles. The Morgan fingerprint density at radius 3 is 2.36 bits per heavy atom. The lowest BCUT2D eigenvalue weighted by atomic mass is 9.98. The van der Waals surface area contributed by atoms with Gasteiger partial charge in [0.1, 0.15) is 0 Å². The molecule has 1 aromatic rings. The molecule has 6 N–H and O–H groups in total. The van der Waals surface area contributed by atoms with E-state index in [-0.39, 0.29) is 28.8 Å². The summed E-state index contributed by atoms with van der Waals surface area (Å²) < 4.78 is 22.5. The maximum absolute atomic E-state index is 12.5. The highest BCUT2D eigenvalue weighted by Gasteiger charge is 2.23. The van der Waals surface area contributed by atoms with E-state index in [4.69, 9.17) is 10.9 Å². The minimum atomic E-state index is -3.71. The molecule has 0 aliphatic carbocycles. The first-order chi connectivity index (χ1) is 11.7. The molecular weight excluding hydrogens is 360 g/mol. The smallest absolute Gasteiger partial charge is 0.238 e. The van der Waals surface area contributed by atoms with Gasteiger partial charge in [-0.05, 0) is 23.6 Å². The average molecular weight is 389 g/mol. The average Bonchev–Trinajstić information content (AvgIpc) is 2.59. The molecule has 1 unspecified atom stereocenters. The summed E-state index contributed by atoms with van der Waals surface area (Å²) in [5.74, 6) is 0.575. The second kappa shape index (κ2) is 10.1. The summed E-state index contributed by atoms with van der Waals surface area (Å²) in [7, 11) is -3.71. The molecule has 1 amide bonds. The van der Waals surface area contributed by atoms with E-state index in [9.17, 15) is 13.2 Å². The maximum atomic E-state index is 12.5. The molecule has 0 aliphatic rings. The molecule has 7 nitrogen and oxygen atoms in total. The first-order valence-corrected chi connectivity index (χ1v) is 10.4. The molecule has 0 saturated heterocycles. The van der Waals surface area contributed by atoms with Crippen molar-refractivity contribution in [2.45, 2.75) is 43.8 Å². The topological polar surface area (TPSA) is 127 Å². The minimum absolute atomic E-state index is 0.0440. The Morgan fingerprint density at radius 2 is 1.88 bits per heavy atom. The van der Waals surface area contributed by atoms with Crippen molar-refractivity contribution in [3.05, 3.63) is 29.8 Å². The lowest BCUT2D eigenvalue weighted by molar-refractivity contribution is -0.124. The Morgan fingerprint density at radius 1 is 1.28 bits per heavy atom. The van der Waals surface area contributed by atoms with Crippen LogP contribution in [0.4, 0.5) is 0 Å². The van der Waals surface area contributed by atoms with E-state index in [1.165, 1.54) is 12.1 Å². The Kier molecular flexibility index (Phi) is 8.87. The van der Waals surface area contributed by atoms with Crippen molar-refractivity contribution in [3.63, 3.8) is 0 Å². The van der Waals surface area contributed by atoms with Gasteiger partial charge in [-0.25, -0.2) is 13.6 Å². The molecule has 0 radical (unpaired) electrons. The zero-order valence-corrected chi connectivity index (χ0v) is 16.3. The van der Waals surface area contributed by atoms with Gasteiger partial charge in [0, 0.05) is 24.9 Å². The third kappa shape index (κ3) is 7.33. The summed E-state index contributed by atoms with van der Waals surface area (Å²) in [4.78, 5) is 12.5. The van der Waals surface area contributed by atoms with E-state index in [0.29, 0.717) is 18.8 Å². The third-order valence-electron chi connectivity index (χ3n) is 4.05. The number of carbonyl (C=O) groups excluding carboxylic acids is 1. The molecule has 0 aliphatic heterocycles. The molecule has 0 saturated carbocycles. The van der Waals surface area contributed by atoms with Gasteiger partial charge in [0.15, 0.2) is 0 Å². The zero-order valence-electron chi connectivity index (χ0n) is 14.6. The van der Waals surface area contributed by atoms with E-state index < -0.39 is 10.0 Å². The van der Waals surface area contributed by atoms with Crippen LogP contribution in [-0.4, -0.2) is 38.7 Å². The number of rotatable bonds is 10. The summed E-state index contributed by atoms with van der Waals surface area (Å²) in [6.07, 6.45) is 0.851. The molecule has 0 fully saturated rings. The number of sulfonamides is 1. The molecule has 0 spiro atoms. The Labute approximate surface area is 155 Å². The number of primary sulfonamides is 1. The molecule has 1 rings (SSSR count). The number of benzene rings is 1. The molecule has 0 aromatic heterocycles. The molecule has 25 heavy (non-hydrogen) atoms. The normalized spacial score (nSPS) is 15.4. The minimum Gasteiger partial charge on any atom is -0.351 e. The summed E-state index contributed by atoms with van der Waals surface area (Å²) in [5, 5.41) is 11.1. The number of thiol groups is 1. The standard InChI is InChI=1S/C16H28N4O3S2/c1-3-11(2)15(19-9-13(17)10-24)16(21)20-8-12-4-6-14(7-5-12)25(18,22)23/h4-7,11,13,15,19,24H,3,8-10,17H2,1-2H3,(H,20,21)(H2,18,22,23)/t11?,13-,15+/m1/s1. The van der Waals surface area contributed by atoms with Gasteiger partial charge in [-0.2, -0.15) is 12.6 Å². The van der Waals surface area contributed by atoms with Crippen LogP contribution in [0.15, 0.2) is 29.2 Å².